The molecule has 122 valence electrons. The fraction of sp³-hybridized carbons (Fsp3) is 0.429. The average molecular weight is 348 g/mol. The first kappa shape index (κ1) is 18.5. The molecule has 0 bridgehead atoms. The second-order valence-electron chi connectivity index (χ2n) is 4.67. The van der Waals surface area contributed by atoms with Crippen LogP contribution >= 0.6 is 23.2 Å². The lowest BCUT2D eigenvalue weighted by atomic mass is 10.1. The molecule has 6 nitrogen and oxygen atoms in total. The molecule has 8 heteroatoms. The number of amides is 2. The molecule has 0 spiro atoms. The molecule has 0 aliphatic heterocycles. The average Bonchev–Trinajstić information content (AvgIpc) is 2.46. The number of rotatable bonds is 7. The number of halogens is 2. The van der Waals surface area contributed by atoms with Gasteiger partial charge in [-0.1, -0.05) is 23.2 Å². The molecule has 0 atom stereocenters. The number of alkyl halides is 2. The van der Waals surface area contributed by atoms with Crippen LogP contribution in [0.5, 0.6) is 0 Å². The Morgan fingerprint density at radius 3 is 2.55 bits per heavy atom. The minimum absolute atomic E-state index is 0.259. The van der Waals surface area contributed by atoms with Gasteiger partial charge in [0.1, 0.15) is 0 Å². The fourth-order valence-corrected chi connectivity index (χ4v) is 1.85. The minimum atomic E-state index is -1.17. The zero-order chi connectivity index (χ0) is 16.7. The Kier molecular flexibility index (Phi) is 7.44. The summed E-state index contributed by atoms with van der Waals surface area (Å²) >= 11 is 11.0. The maximum Gasteiger partial charge on any atom is 0.257 e. The molecule has 0 saturated heterocycles. The van der Waals surface area contributed by atoms with Crippen LogP contribution in [0.1, 0.15) is 10.4 Å². The van der Waals surface area contributed by atoms with Gasteiger partial charge in [0.2, 0.25) is 0 Å². The van der Waals surface area contributed by atoms with Crippen molar-refractivity contribution in [1.82, 2.24) is 5.32 Å². The highest BCUT2D eigenvalue weighted by molar-refractivity contribution is 6.54. The molecular weight excluding hydrogens is 329 g/mol. The number of methoxy groups -OCH3 is 1. The third kappa shape index (κ3) is 5.36. The molecule has 1 rings (SSSR count). The lowest BCUT2D eigenvalue weighted by Crippen LogP contribution is -2.29. The number of ether oxygens (including phenoxy) is 1. The second kappa shape index (κ2) is 8.82. The summed E-state index contributed by atoms with van der Waals surface area (Å²) in [5.74, 6) is -0.808. The van der Waals surface area contributed by atoms with Crippen LogP contribution < -0.4 is 15.5 Å². The van der Waals surface area contributed by atoms with E-state index in [1.165, 1.54) is 0 Å². The number of anilines is 2. The van der Waals surface area contributed by atoms with E-state index in [9.17, 15) is 9.59 Å². The zero-order valence-corrected chi connectivity index (χ0v) is 14.2. The standard InChI is InChI=1S/C14H19Cl2N3O3/c1-19(2)11-5-4-9(18-14(21)12(15)16)8-10(11)13(20)17-6-7-22-3/h4-5,8,12H,6-7H2,1-3H3,(H,17,20)(H,18,21). The van der Waals surface area contributed by atoms with Crippen molar-refractivity contribution in [3.63, 3.8) is 0 Å². The third-order valence-electron chi connectivity index (χ3n) is 2.78. The maximum absolute atomic E-state index is 12.3. The molecule has 1 aromatic rings. The van der Waals surface area contributed by atoms with Gasteiger partial charge in [-0.3, -0.25) is 9.59 Å². The molecule has 0 aliphatic carbocycles. The highest BCUT2D eigenvalue weighted by Gasteiger charge is 2.16. The third-order valence-corrected chi connectivity index (χ3v) is 3.18. The van der Waals surface area contributed by atoms with Crippen LogP contribution in [0.2, 0.25) is 0 Å². The van der Waals surface area contributed by atoms with Crippen LogP contribution in [0.25, 0.3) is 0 Å². The number of nitrogens with one attached hydrogen (secondary N) is 2. The minimum Gasteiger partial charge on any atom is -0.383 e. The molecule has 0 aliphatic rings. The lowest BCUT2D eigenvalue weighted by Gasteiger charge is -2.18. The molecule has 0 unspecified atom stereocenters. The largest absolute Gasteiger partial charge is 0.383 e. The smallest absolute Gasteiger partial charge is 0.257 e. The molecule has 22 heavy (non-hydrogen) atoms. The topological polar surface area (TPSA) is 70.7 Å². The van der Waals surface area contributed by atoms with Crippen molar-refractivity contribution >= 4 is 46.4 Å². The van der Waals surface area contributed by atoms with Gasteiger partial charge in [-0.25, -0.2) is 0 Å². The van der Waals surface area contributed by atoms with Crippen molar-refractivity contribution in [2.45, 2.75) is 4.84 Å². The van der Waals surface area contributed by atoms with E-state index in [1.807, 2.05) is 19.0 Å². The van der Waals surface area contributed by atoms with Crippen molar-refractivity contribution in [1.29, 1.82) is 0 Å². The molecule has 0 heterocycles. The summed E-state index contributed by atoms with van der Waals surface area (Å²) in [6.45, 7) is 0.809. The van der Waals surface area contributed by atoms with E-state index in [4.69, 9.17) is 27.9 Å². The van der Waals surface area contributed by atoms with E-state index in [0.717, 1.165) is 5.69 Å². The Morgan fingerprint density at radius 2 is 2.00 bits per heavy atom. The molecule has 1 aromatic carbocycles. The van der Waals surface area contributed by atoms with E-state index in [2.05, 4.69) is 10.6 Å². The number of carbonyl (C=O) groups is 2. The van der Waals surface area contributed by atoms with E-state index in [-0.39, 0.29) is 5.91 Å². The summed E-state index contributed by atoms with van der Waals surface area (Å²) in [6, 6.07) is 4.99. The van der Waals surface area contributed by atoms with Gasteiger partial charge in [-0.15, -0.1) is 0 Å². The summed E-state index contributed by atoms with van der Waals surface area (Å²) in [7, 11) is 5.21. The van der Waals surface area contributed by atoms with Crippen LogP contribution in [0.15, 0.2) is 18.2 Å². The van der Waals surface area contributed by atoms with Crippen LogP contribution in [0, 0.1) is 0 Å². The molecular formula is C14H19Cl2N3O3. The predicted molar refractivity (Wildman–Crippen MR) is 89.1 cm³/mol. The highest BCUT2D eigenvalue weighted by Crippen LogP contribution is 2.23. The van der Waals surface area contributed by atoms with Crippen molar-refractivity contribution in [2.75, 3.05) is 44.6 Å². The van der Waals surface area contributed by atoms with Crippen LogP contribution in [-0.4, -0.2) is 51.0 Å². The maximum atomic E-state index is 12.3. The molecule has 0 fully saturated rings. The molecule has 0 aromatic heterocycles. The van der Waals surface area contributed by atoms with Gasteiger partial charge in [0.15, 0.2) is 4.84 Å². The molecule has 0 radical (unpaired) electrons. The van der Waals surface area contributed by atoms with E-state index >= 15 is 0 Å². The number of nitrogens with zero attached hydrogens (tertiary/aromatic N) is 1. The Morgan fingerprint density at radius 1 is 1.32 bits per heavy atom. The van der Waals surface area contributed by atoms with Gasteiger partial charge in [-0.2, -0.15) is 0 Å². The molecule has 2 amide bonds. The van der Waals surface area contributed by atoms with E-state index in [0.29, 0.717) is 24.4 Å². The van der Waals surface area contributed by atoms with Gasteiger partial charge in [-0.05, 0) is 18.2 Å². The first-order valence-corrected chi connectivity index (χ1v) is 7.41. The number of hydrogen-bond donors (Lipinski definition) is 2. The summed E-state index contributed by atoms with van der Waals surface area (Å²) < 4.78 is 4.90. The Hall–Kier alpha value is -1.50. The highest BCUT2D eigenvalue weighted by atomic mass is 35.5. The van der Waals surface area contributed by atoms with Crippen LogP contribution in [0.3, 0.4) is 0 Å². The van der Waals surface area contributed by atoms with Gasteiger partial charge < -0.3 is 20.3 Å². The summed E-state index contributed by atoms with van der Waals surface area (Å²) in [6.07, 6.45) is 0. The molecule has 0 saturated carbocycles. The number of carbonyl (C=O) groups excluding carboxylic acids is 2. The van der Waals surface area contributed by atoms with Crippen molar-refractivity contribution in [3.05, 3.63) is 23.8 Å². The SMILES string of the molecule is COCCNC(=O)c1cc(NC(=O)C(Cl)Cl)ccc1N(C)C. The van der Waals surface area contributed by atoms with Gasteiger partial charge in [0, 0.05) is 39.1 Å². The Balaban J connectivity index is 2.99. The number of hydrogen-bond acceptors (Lipinski definition) is 4. The van der Waals surface area contributed by atoms with Crippen LogP contribution in [0.4, 0.5) is 11.4 Å². The van der Waals surface area contributed by atoms with Crippen LogP contribution in [-0.2, 0) is 9.53 Å². The van der Waals surface area contributed by atoms with Gasteiger partial charge >= 0.3 is 0 Å². The van der Waals surface area contributed by atoms with Gasteiger partial charge in [0.05, 0.1) is 12.2 Å². The summed E-state index contributed by atoms with van der Waals surface area (Å²) in [5, 5.41) is 5.29. The quantitative estimate of drug-likeness (QED) is 0.583. The summed E-state index contributed by atoms with van der Waals surface area (Å²) in [5.41, 5.74) is 1.60. The van der Waals surface area contributed by atoms with Crippen molar-refractivity contribution in [3.8, 4) is 0 Å². The monoisotopic (exact) mass is 347 g/mol. The first-order valence-electron chi connectivity index (χ1n) is 6.54. The zero-order valence-electron chi connectivity index (χ0n) is 12.7. The second-order valence-corrected chi connectivity index (χ2v) is 5.76. The normalized spacial score (nSPS) is 10.5. The van der Waals surface area contributed by atoms with E-state index < -0.39 is 10.7 Å². The fourth-order valence-electron chi connectivity index (χ4n) is 1.74. The number of benzene rings is 1. The first-order chi connectivity index (χ1) is 10.4. The predicted octanol–water partition coefficient (Wildman–Crippen LogP) is 1.87. The Labute approximate surface area is 139 Å². The van der Waals surface area contributed by atoms with Crippen molar-refractivity contribution < 1.29 is 14.3 Å². The lowest BCUT2D eigenvalue weighted by molar-refractivity contribution is -0.114. The van der Waals surface area contributed by atoms with E-state index in [1.54, 1.807) is 25.3 Å². The van der Waals surface area contributed by atoms with Crippen molar-refractivity contribution in [2.24, 2.45) is 0 Å². The summed E-state index contributed by atoms with van der Waals surface area (Å²) in [4.78, 5) is 24.4. The van der Waals surface area contributed by atoms with Gasteiger partial charge in [0.25, 0.3) is 11.8 Å². The Bertz CT molecular complexity index is 536. The molecule has 2 N–H and O–H groups in total.